The molecule has 1 amide bonds. The number of carbonyl (C=O) groups excluding carboxylic acids is 1. The van der Waals surface area contributed by atoms with Gasteiger partial charge in [0.25, 0.3) is 0 Å². The fourth-order valence-electron chi connectivity index (χ4n) is 1.99. The van der Waals surface area contributed by atoms with E-state index in [2.05, 4.69) is 5.32 Å². The lowest BCUT2D eigenvalue weighted by Crippen LogP contribution is -2.34. The third kappa shape index (κ3) is 2.41. The molecule has 2 heterocycles. The molecular weight excluding hydrogens is 234 g/mol. The molecule has 0 radical (unpaired) electrons. The van der Waals surface area contributed by atoms with E-state index in [-0.39, 0.29) is 12.7 Å². The van der Waals surface area contributed by atoms with Gasteiger partial charge in [0.15, 0.2) is 11.5 Å². The summed E-state index contributed by atoms with van der Waals surface area (Å²) in [4.78, 5) is 11.6. The second-order valence-corrected chi connectivity index (χ2v) is 4.57. The molecule has 0 aliphatic carbocycles. The van der Waals surface area contributed by atoms with Gasteiger partial charge in [0, 0.05) is 18.9 Å². The van der Waals surface area contributed by atoms with Gasteiger partial charge in [-0.3, -0.25) is 4.79 Å². The monoisotopic (exact) mass is 249 g/mol. The summed E-state index contributed by atoms with van der Waals surface area (Å²) in [6.07, 6.45) is 0.546. The number of hydrogen-bond donors (Lipinski definition) is 1. The van der Waals surface area contributed by atoms with Crippen LogP contribution in [0.15, 0.2) is 18.2 Å². The number of fused-ring (bicyclic) bond motifs is 1. The minimum atomic E-state index is 0.0703. The van der Waals surface area contributed by atoms with Crippen molar-refractivity contribution in [3.8, 4) is 11.5 Å². The maximum atomic E-state index is 11.6. The number of rotatable bonds is 4. The molecule has 5 nitrogen and oxygen atoms in total. The zero-order valence-corrected chi connectivity index (χ0v) is 9.98. The molecule has 1 fully saturated rings. The van der Waals surface area contributed by atoms with Crippen molar-refractivity contribution < 1.29 is 19.0 Å². The van der Waals surface area contributed by atoms with Gasteiger partial charge in [0.2, 0.25) is 12.7 Å². The van der Waals surface area contributed by atoms with Crippen molar-refractivity contribution in [3.05, 3.63) is 23.8 Å². The Morgan fingerprint density at radius 1 is 1.28 bits per heavy atom. The van der Waals surface area contributed by atoms with Gasteiger partial charge < -0.3 is 19.5 Å². The lowest BCUT2D eigenvalue weighted by Gasteiger charge is -2.25. The first-order valence-corrected chi connectivity index (χ1v) is 6.04. The predicted octanol–water partition coefficient (Wildman–Crippen LogP) is 1.07. The highest BCUT2D eigenvalue weighted by molar-refractivity contribution is 5.76. The maximum absolute atomic E-state index is 11.6. The van der Waals surface area contributed by atoms with E-state index in [1.54, 1.807) is 0 Å². The zero-order chi connectivity index (χ0) is 12.4. The summed E-state index contributed by atoms with van der Waals surface area (Å²) in [6.45, 7) is 2.20. The first-order valence-electron chi connectivity index (χ1n) is 6.04. The average Bonchev–Trinajstić information content (AvgIpc) is 2.78. The molecule has 5 heteroatoms. The molecule has 0 saturated carbocycles. The molecule has 0 atom stereocenters. The van der Waals surface area contributed by atoms with Crippen molar-refractivity contribution in [3.63, 3.8) is 0 Å². The highest BCUT2D eigenvalue weighted by Gasteiger charge is 2.21. The fraction of sp³-hybridized carbons (Fsp3) is 0.462. The van der Waals surface area contributed by atoms with E-state index >= 15 is 0 Å². The molecule has 0 bridgehead atoms. The standard InChI is InChI=1S/C13H15NO4/c15-13(4-10-6-16-7-10)14-5-9-1-2-11-12(3-9)18-8-17-11/h1-3,10H,4-8H2,(H,14,15). The van der Waals surface area contributed by atoms with Crippen LogP contribution in [-0.2, 0) is 16.1 Å². The van der Waals surface area contributed by atoms with Crippen LogP contribution in [0.2, 0.25) is 0 Å². The molecule has 0 spiro atoms. The smallest absolute Gasteiger partial charge is 0.231 e. The van der Waals surface area contributed by atoms with Crippen molar-refractivity contribution in [2.45, 2.75) is 13.0 Å². The topological polar surface area (TPSA) is 56.8 Å². The van der Waals surface area contributed by atoms with Crippen LogP contribution in [0.4, 0.5) is 0 Å². The van der Waals surface area contributed by atoms with Gasteiger partial charge in [0.05, 0.1) is 13.2 Å². The van der Waals surface area contributed by atoms with Gasteiger partial charge in [0.1, 0.15) is 0 Å². The highest BCUT2D eigenvalue weighted by Crippen LogP contribution is 2.32. The summed E-state index contributed by atoms with van der Waals surface area (Å²) in [5.74, 6) is 1.97. The van der Waals surface area contributed by atoms with Crippen LogP contribution in [0.1, 0.15) is 12.0 Å². The minimum absolute atomic E-state index is 0.0703. The third-order valence-electron chi connectivity index (χ3n) is 3.11. The van der Waals surface area contributed by atoms with Crippen molar-refractivity contribution >= 4 is 5.91 Å². The summed E-state index contributed by atoms with van der Waals surface area (Å²) in [6, 6.07) is 5.69. The molecule has 2 aliphatic heterocycles. The van der Waals surface area contributed by atoms with E-state index in [0.717, 1.165) is 17.1 Å². The van der Waals surface area contributed by atoms with Crippen LogP contribution >= 0.6 is 0 Å². The number of carbonyl (C=O) groups is 1. The molecule has 0 aromatic heterocycles. The lowest BCUT2D eigenvalue weighted by atomic mass is 10.0. The Balaban J connectivity index is 1.51. The average molecular weight is 249 g/mol. The van der Waals surface area contributed by atoms with Crippen LogP contribution in [0.25, 0.3) is 0 Å². The Bertz CT molecular complexity index is 456. The van der Waals surface area contributed by atoms with Crippen LogP contribution in [0.5, 0.6) is 11.5 Å². The van der Waals surface area contributed by atoms with E-state index in [1.165, 1.54) is 0 Å². The number of benzene rings is 1. The van der Waals surface area contributed by atoms with Crippen LogP contribution in [0.3, 0.4) is 0 Å². The van der Waals surface area contributed by atoms with Crippen molar-refractivity contribution in [2.24, 2.45) is 5.92 Å². The van der Waals surface area contributed by atoms with Gasteiger partial charge in [-0.15, -0.1) is 0 Å². The van der Waals surface area contributed by atoms with Crippen LogP contribution < -0.4 is 14.8 Å². The van der Waals surface area contributed by atoms with Crippen LogP contribution in [-0.4, -0.2) is 25.9 Å². The van der Waals surface area contributed by atoms with Gasteiger partial charge in [-0.05, 0) is 17.7 Å². The Hall–Kier alpha value is -1.75. The maximum Gasteiger partial charge on any atom is 0.231 e. The van der Waals surface area contributed by atoms with Gasteiger partial charge >= 0.3 is 0 Å². The Morgan fingerprint density at radius 3 is 2.89 bits per heavy atom. The van der Waals surface area contributed by atoms with Gasteiger partial charge in [-0.2, -0.15) is 0 Å². The molecular formula is C13H15NO4. The molecule has 2 aliphatic rings. The highest BCUT2D eigenvalue weighted by atomic mass is 16.7. The van der Waals surface area contributed by atoms with E-state index in [9.17, 15) is 4.79 Å². The Morgan fingerprint density at radius 2 is 2.11 bits per heavy atom. The summed E-state index contributed by atoms with van der Waals surface area (Å²) in [5.41, 5.74) is 1.01. The van der Waals surface area contributed by atoms with E-state index < -0.39 is 0 Å². The summed E-state index contributed by atoms with van der Waals surface area (Å²) in [7, 11) is 0. The second-order valence-electron chi connectivity index (χ2n) is 4.57. The van der Waals surface area contributed by atoms with Crippen molar-refractivity contribution in [1.82, 2.24) is 5.32 Å². The third-order valence-corrected chi connectivity index (χ3v) is 3.11. The fourth-order valence-corrected chi connectivity index (χ4v) is 1.99. The number of nitrogens with one attached hydrogen (secondary N) is 1. The quantitative estimate of drug-likeness (QED) is 0.867. The molecule has 3 rings (SSSR count). The number of amides is 1. The van der Waals surface area contributed by atoms with E-state index in [4.69, 9.17) is 14.2 Å². The Kier molecular flexibility index (Phi) is 3.06. The van der Waals surface area contributed by atoms with E-state index in [0.29, 0.717) is 32.1 Å². The molecule has 18 heavy (non-hydrogen) atoms. The number of ether oxygens (including phenoxy) is 3. The first-order chi connectivity index (χ1) is 8.81. The molecule has 1 saturated heterocycles. The van der Waals surface area contributed by atoms with E-state index in [1.807, 2.05) is 18.2 Å². The summed E-state index contributed by atoms with van der Waals surface area (Å²) < 4.78 is 15.6. The van der Waals surface area contributed by atoms with Crippen LogP contribution in [0, 0.1) is 5.92 Å². The van der Waals surface area contributed by atoms with Gasteiger partial charge in [-0.25, -0.2) is 0 Å². The lowest BCUT2D eigenvalue weighted by molar-refractivity contribution is -0.126. The summed E-state index contributed by atoms with van der Waals surface area (Å²) >= 11 is 0. The molecule has 1 aromatic rings. The molecule has 0 unspecified atom stereocenters. The van der Waals surface area contributed by atoms with Crippen molar-refractivity contribution in [2.75, 3.05) is 20.0 Å². The first kappa shape index (κ1) is 11.3. The minimum Gasteiger partial charge on any atom is -0.454 e. The normalized spacial score (nSPS) is 17.3. The Labute approximate surface area is 105 Å². The predicted molar refractivity (Wildman–Crippen MR) is 63.3 cm³/mol. The molecule has 1 N–H and O–H groups in total. The zero-order valence-electron chi connectivity index (χ0n) is 9.98. The largest absolute Gasteiger partial charge is 0.454 e. The molecule has 96 valence electrons. The summed E-state index contributed by atoms with van der Waals surface area (Å²) in [5, 5.41) is 2.90. The second kappa shape index (κ2) is 4.86. The number of hydrogen-bond acceptors (Lipinski definition) is 4. The molecule has 1 aromatic carbocycles. The SMILES string of the molecule is O=C(CC1COC1)NCc1ccc2c(c1)OCO2. The van der Waals surface area contributed by atoms with Crippen molar-refractivity contribution in [1.29, 1.82) is 0 Å². The van der Waals surface area contributed by atoms with Gasteiger partial charge in [-0.1, -0.05) is 6.07 Å².